The van der Waals surface area contributed by atoms with Crippen LogP contribution in [0.3, 0.4) is 0 Å². The summed E-state index contributed by atoms with van der Waals surface area (Å²) in [7, 11) is 0. The molecule has 0 unspecified atom stereocenters. The van der Waals surface area contributed by atoms with Crippen molar-refractivity contribution in [1.29, 1.82) is 0 Å². The van der Waals surface area contributed by atoms with Crippen LogP contribution >= 0.6 is 0 Å². The molecule has 5 heteroatoms. The lowest BCUT2D eigenvalue weighted by molar-refractivity contribution is -0.00213. The molecule has 0 atom stereocenters. The molecular weight excluding hydrogens is 271 g/mol. The number of rotatable bonds is 1. The minimum atomic E-state index is -0.746. The summed E-state index contributed by atoms with van der Waals surface area (Å²) in [5.41, 5.74) is 5.13. The van der Waals surface area contributed by atoms with Crippen molar-refractivity contribution in [3.05, 3.63) is 35.1 Å². The van der Waals surface area contributed by atoms with Crippen molar-refractivity contribution in [2.75, 3.05) is 19.6 Å². The minimum Gasteiger partial charge on any atom is -0.390 e. The first kappa shape index (κ1) is 15.5. The van der Waals surface area contributed by atoms with Gasteiger partial charge >= 0.3 is 0 Å². The number of likely N-dealkylation sites (tertiary alicyclic amines) is 1. The van der Waals surface area contributed by atoms with Gasteiger partial charge in [-0.1, -0.05) is 11.8 Å². The Morgan fingerprint density at radius 1 is 1.48 bits per heavy atom. The van der Waals surface area contributed by atoms with E-state index >= 15 is 0 Å². The van der Waals surface area contributed by atoms with Gasteiger partial charge in [0.15, 0.2) is 0 Å². The molecule has 0 aromatic heterocycles. The Kier molecular flexibility index (Phi) is 4.61. The van der Waals surface area contributed by atoms with Crippen molar-refractivity contribution < 1.29 is 14.3 Å². The second-order valence-corrected chi connectivity index (χ2v) is 5.49. The average molecular weight is 290 g/mol. The summed E-state index contributed by atoms with van der Waals surface area (Å²) < 4.78 is 13.9. The monoisotopic (exact) mass is 290 g/mol. The van der Waals surface area contributed by atoms with Gasteiger partial charge in [-0.15, -0.1) is 0 Å². The van der Waals surface area contributed by atoms with E-state index in [1.165, 1.54) is 18.2 Å². The van der Waals surface area contributed by atoms with E-state index in [-0.39, 0.29) is 18.0 Å². The van der Waals surface area contributed by atoms with Crippen molar-refractivity contribution in [2.24, 2.45) is 5.73 Å². The average Bonchev–Trinajstić information content (AvgIpc) is 2.46. The highest BCUT2D eigenvalue weighted by Crippen LogP contribution is 2.23. The fourth-order valence-corrected chi connectivity index (χ4v) is 2.28. The van der Waals surface area contributed by atoms with Crippen molar-refractivity contribution >= 4 is 5.91 Å². The fourth-order valence-electron chi connectivity index (χ4n) is 2.28. The molecule has 0 saturated carbocycles. The largest absolute Gasteiger partial charge is 0.390 e. The van der Waals surface area contributed by atoms with Gasteiger partial charge in [0.1, 0.15) is 5.82 Å². The number of piperidine rings is 1. The number of hydrogen-bond donors (Lipinski definition) is 2. The third kappa shape index (κ3) is 3.81. The van der Waals surface area contributed by atoms with Crippen LogP contribution in [0.15, 0.2) is 18.2 Å². The highest BCUT2D eigenvalue weighted by molar-refractivity contribution is 5.95. The maximum Gasteiger partial charge on any atom is 0.256 e. The highest BCUT2D eigenvalue weighted by Gasteiger charge is 2.30. The van der Waals surface area contributed by atoms with Gasteiger partial charge in [-0.3, -0.25) is 4.79 Å². The van der Waals surface area contributed by atoms with Crippen LogP contribution in [0, 0.1) is 17.7 Å². The molecule has 4 nitrogen and oxygen atoms in total. The molecule has 112 valence electrons. The van der Waals surface area contributed by atoms with Crippen molar-refractivity contribution in [3.8, 4) is 11.8 Å². The number of nitrogens with two attached hydrogens (primary N) is 1. The quantitative estimate of drug-likeness (QED) is 0.762. The van der Waals surface area contributed by atoms with Crippen LogP contribution in [0.4, 0.5) is 4.39 Å². The summed E-state index contributed by atoms with van der Waals surface area (Å²) >= 11 is 0. The number of nitrogens with zero attached hydrogens (tertiary/aromatic N) is 1. The topological polar surface area (TPSA) is 66.6 Å². The van der Waals surface area contributed by atoms with E-state index in [0.29, 0.717) is 31.5 Å². The van der Waals surface area contributed by atoms with Gasteiger partial charge in [0, 0.05) is 18.7 Å². The first-order chi connectivity index (χ1) is 9.93. The van der Waals surface area contributed by atoms with E-state index in [9.17, 15) is 14.3 Å². The Morgan fingerprint density at radius 3 is 2.76 bits per heavy atom. The summed E-state index contributed by atoms with van der Waals surface area (Å²) in [6, 6.07) is 4.22. The van der Waals surface area contributed by atoms with Gasteiger partial charge in [-0.25, -0.2) is 4.39 Å². The number of hydrogen-bond acceptors (Lipinski definition) is 3. The van der Waals surface area contributed by atoms with Crippen molar-refractivity contribution in [3.63, 3.8) is 0 Å². The Morgan fingerprint density at radius 2 is 2.14 bits per heavy atom. The van der Waals surface area contributed by atoms with Crippen LogP contribution in [0.1, 0.15) is 35.7 Å². The van der Waals surface area contributed by atoms with E-state index in [0.717, 1.165) is 0 Å². The summed E-state index contributed by atoms with van der Waals surface area (Å²) in [5.74, 6) is 4.55. The Bertz CT molecular complexity index is 592. The van der Waals surface area contributed by atoms with Crippen LogP contribution in [-0.2, 0) is 0 Å². The molecule has 0 spiro atoms. The lowest BCUT2D eigenvalue weighted by atomic mass is 9.93. The van der Waals surface area contributed by atoms with E-state index < -0.39 is 11.4 Å². The van der Waals surface area contributed by atoms with Gasteiger partial charge in [-0.05, 0) is 38.0 Å². The fraction of sp³-hybridized carbons (Fsp3) is 0.438. The number of benzene rings is 1. The highest BCUT2D eigenvalue weighted by atomic mass is 19.1. The zero-order chi connectivity index (χ0) is 15.5. The Balaban J connectivity index is 2.19. The summed E-state index contributed by atoms with van der Waals surface area (Å²) in [4.78, 5) is 14.0. The number of carbonyl (C=O) groups excluding carboxylic acids is 1. The van der Waals surface area contributed by atoms with Gasteiger partial charge in [0.2, 0.25) is 0 Å². The van der Waals surface area contributed by atoms with Crippen molar-refractivity contribution in [2.45, 2.75) is 25.4 Å². The van der Waals surface area contributed by atoms with E-state index in [1.54, 1.807) is 11.8 Å². The Hall–Kier alpha value is -1.90. The molecule has 1 aliphatic rings. The van der Waals surface area contributed by atoms with E-state index in [1.807, 2.05) is 0 Å². The SMILES string of the molecule is CC1(O)CCN(C(=O)c2cc(C#CCN)ccc2F)CC1. The van der Waals surface area contributed by atoms with E-state index in [2.05, 4.69) is 11.8 Å². The van der Waals surface area contributed by atoms with Gasteiger partial charge in [0.25, 0.3) is 5.91 Å². The molecule has 0 radical (unpaired) electrons. The molecule has 0 bridgehead atoms. The van der Waals surface area contributed by atoms with Crippen LogP contribution in [-0.4, -0.2) is 41.1 Å². The van der Waals surface area contributed by atoms with Gasteiger partial charge in [-0.2, -0.15) is 0 Å². The normalized spacial score (nSPS) is 17.0. The summed E-state index contributed by atoms with van der Waals surface area (Å²) in [5, 5.41) is 9.90. The first-order valence-electron chi connectivity index (χ1n) is 6.93. The molecule has 1 aliphatic heterocycles. The summed E-state index contributed by atoms with van der Waals surface area (Å²) in [6.07, 6.45) is 0.986. The zero-order valence-corrected chi connectivity index (χ0v) is 12.0. The predicted octanol–water partition coefficient (Wildman–Crippen LogP) is 1.12. The van der Waals surface area contributed by atoms with Crippen LogP contribution in [0.2, 0.25) is 0 Å². The predicted molar refractivity (Wildman–Crippen MR) is 78.1 cm³/mol. The lowest BCUT2D eigenvalue weighted by Gasteiger charge is -2.35. The molecule has 2 rings (SSSR count). The number of amides is 1. The molecule has 21 heavy (non-hydrogen) atoms. The number of carbonyl (C=O) groups is 1. The van der Waals surface area contributed by atoms with Gasteiger partial charge < -0.3 is 15.7 Å². The molecular formula is C16H19FN2O2. The number of aliphatic hydroxyl groups is 1. The third-order valence-electron chi connectivity index (χ3n) is 3.66. The Labute approximate surface area is 123 Å². The summed E-state index contributed by atoms with van der Waals surface area (Å²) in [6.45, 7) is 2.80. The van der Waals surface area contributed by atoms with E-state index in [4.69, 9.17) is 5.73 Å². The second-order valence-electron chi connectivity index (χ2n) is 5.49. The standard InChI is InChI=1S/C16H19FN2O2/c1-16(21)6-9-19(10-7-16)15(20)13-11-12(3-2-8-18)4-5-14(13)17/h4-5,11,21H,6-10,18H2,1H3. The van der Waals surface area contributed by atoms with Crippen LogP contribution in [0.25, 0.3) is 0 Å². The maximum atomic E-state index is 13.9. The smallest absolute Gasteiger partial charge is 0.256 e. The third-order valence-corrected chi connectivity index (χ3v) is 3.66. The zero-order valence-electron chi connectivity index (χ0n) is 12.0. The lowest BCUT2D eigenvalue weighted by Crippen LogP contribution is -2.45. The molecule has 0 aliphatic carbocycles. The molecule has 1 aromatic carbocycles. The molecule has 1 saturated heterocycles. The maximum absolute atomic E-state index is 13.9. The second kappa shape index (κ2) is 6.25. The molecule has 1 fully saturated rings. The number of halogens is 1. The molecule has 1 heterocycles. The van der Waals surface area contributed by atoms with Crippen molar-refractivity contribution in [1.82, 2.24) is 4.90 Å². The van der Waals surface area contributed by atoms with Crippen LogP contribution < -0.4 is 5.73 Å². The van der Waals surface area contributed by atoms with Gasteiger partial charge in [0.05, 0.1) is 17.7 Å². The molecule has 3 N–H and O–H groups in total. The minimum absolute atomic E-state index is 0.0142. The molecule has 1 amide bonds. The molecule has 1 aromatic rings. The first-order valence-corrected chi connectivity index (χ1v) is 6.93. The van der Waals surface area contributed by atoms with Crippen LogP contribution in [0.5, 0.6) is 0 Å².